The molecule has 0 radical (unpaired) electrons. The third-order valence-electron chi connectivity index (χ3n) is 6.13. The number of nitrogens with zero attached hydrogens (tertiary/aromatic N) is 6. The molecule has 1 aliphatic rings. The molecule has 0 N–H and O–H groups in total. The van der Waals surface area contributed by atoms with Crippen LogP contribution in [0, 0.1) is 0 Å². The Bertz CT molecular complexity index is 923. The first-order chi connectivity index (χ1) is 13.6. The van der Waals surface area contributed by atoms with Crippen molar-refractivity contribution in [1.29, 1.82) is 0 Å². The van der Waals surface area contributed by atoms with Crippen molar-refractivity contribution in [2.75, 3.05) is 13.1 Å². The van der Waals surface area contributed by atoms with Gasteiger partial charge in [0.2, 0.25) is 0 Å². The Balaban J connectivity index is 1.83. The number of aromatic nitrogens is 5. The second-order valence-corrected chi connectivity index (χ2v) is 8.42. The molecule has 1 aromatic carbocycles. The summed E-state index contributed by atoms with van der Waals surface area (Å²) in [5.74, 6) is 0.942. The highest BCUT2D eigenvalue weighted by Crippen LogP contribution is 2.33. The number of rotatable bonds is 5. The van der Waals surface area contributed by atoms with Crippen molar-refractivity contribution >= 4 is 10.9 Å². The van der Waals surface area contributed by atoms with E-state index in [9.17, 15) is 0 Å². The molecule has 148 valence electrons. The van der Waals surface area contributed by atoms with Gasteiger partial charge in [-0.1, -0.05) is 31.9 Å². The first kappa shape index (κ1) is 19.0. The summed E-state index contributed by atoms with van der Waals surface area (Å²) in [6, 6.07) is 10.8. The van der Waals surface area contributed by atoms with Crippen molar-refractivity contribution in [1.82, 2.24) is 30.1 Å². The fourth-order valence-electron chi connectivity index (χ4n) is 4.09. The predicted molar refractivity (Wildman–Crippen MR) is 111 cm³/mol. The number of hydrogen-bond acceptors (Lipinski definition) is 5. The molecule has 3 heterocycles. The second kappa shape index (κ2) is 7.95. The Morgan fingerprint density at radius 3 is 2.61 bits per heavy atom. The van der Waals surface area contributed by atoms with Crippen molar-refractivity contribution in [2.45, 2.75) is 64.5 Å². The van der Waals surface area contributed by atoms with Crippen LogP contribution in [0.1, 0.15) is 70.3 Å². The van der Waals surface area contributed by atoms with Crippen molar-refractivity contribution in [3.05, 3.63) is 47.9 Å². The molecule has 1 saturated heterocycles. The maximum Gasteiger partial charge on any atom is 0.173 e. The fourth-order valence-corrected chi connectivity index (χ4v) is 4.09. The third kappa shape index (κ3) is 3.65. The van der Waals surface area contributed by atoms with Gasteiger partial charge in [0.25, 0.3) is 0 Å². The Kier molecular flexibility index (Phi) is 5.40. The first-order valence-corrected chi connectivity index (χ1v) is 10.5. The largest absolute Gasteiger partial charge is 0.290 e. The van der Waals surface area contributed by atoms with Crippen LogP contribution in [0.5, 0.6) is 0 Å². The molecule has 4 rings (SSSR count). The van der Waals surface area contributed by atoms with Gasteiger partial charge in [-0.05, 0) is 80.4 Å². The smallest absolute Gasteiger partial charge is 0.173 e. The summed E-state index contributed by atoms with van der Waals surface area (Å²) in [7, 11) is 0. The first-order valence-electron chi connectivity index (χ1n) is 10.5. The average Bonchev–Trinajstić information content (AvgIpc) is 3.05. The average molecular weight is 379 g/mol. The Labute approximate surface area is 167 Å². The summed E-state index contributed by atoms with van der Waals surface area (Å²) in [6.07, 6.45) is 7.87. The van der Waals surface area contributed by atoms with Gasteiger partial charge in [-0.2, -0.15) is 0 Å². The van der Waals surface area contributed by atoms with Crippen LogP contribution >= 0.6 is 0 Å². The lowest BCUT2D eigenvalue weighted by atomic mass is 9.98. The SMILES string of the molecule is CCC(C)(C)n1nnnc1[C@H](c1ccc2ncccc2c1)N1CCCCCC1. The Morgan fingerprint density at radius 2 is 1.86 bits per heavy atom. The Morgan fingerprint density at radius 1 is 1.07 bits per heavy atom. The van der Waals surface area contributed by atoms with Gasteiger partial charge >= 0.3 is 0 Å². The lowest BCUT2D eigenvalue weighted by Gasteiger charge is -2.33. The molecule has 0 saturated carbocycles. The summed E-state index contributed by atoms with van der Waals surface area (Å²) in [5, 5.41) is 14.2. The maximum atomic E-state index is 4.54. The molecule has 3 aromatic rings. The van der Waals surface area contributed by atoms with E-state index >= 15 is 0 Å². The molecule has 0 unspecified atom stereocenters. The van der Waals surface area contributed by atoms with E-state index in [1.165, 1.54) is 31.2 Å². The van der Waals surface area contributed by atoms with Crippen LogP contribution in [0.2, 0.25) is 0 Å². The molecule has 6 heteroatoms. The van der Waals surface area contributed by atoms with Crippen molar-refractivity contribution < 1.29 is 0 Å². The van der Waals surface area contributed by atoms with Crippen molar-refractivity contribution in [3.8, 4) is 0 Å². The predicted octanol–water partition coefficient (Wildman–Crippen LogP) is 4.33. The Hall–Kier alpha value is -2.34. The molecule has 1 atom stereocenters. The van der Waals surface area contributed by atoms with E-state index in [1.807, 2.05) is 16.9 Å². The molecule has 28 heavy (non-hydrogen) atoms. The molecule has 0 spiro atoms. The van der Waals surface area contributed by atoms with E-state index in [4.69, 9.17) is 0 Å². The summed E-state index contributed by atoms with van der Waals surface area (Å²) < 4.78 is 2.04. The second-order valence-electron chi connectivity index (χ2n) is 8.42. The van der Waals surface area contributed by atoms with E-state index in [0.717, 1.165) is 36.2 Å². The molecule has 2 aromatic heterocycles. The van der Waals surface area contributed by atoms with Gasteiger partial charge in [-0.3, -0.25) is 9.88 Å². The number of fused-ring (bicyclic) bond motifs is 1. The fraction of sp³-hybridized carbons (Fsp3) is 0.545. The zero-order chi connectivity index (χ0) is 19.6. The highest BCUT2D eigenvalue weighted by atomic mass is 15.6. The molecule has 1 fully saturated rings. The minimum atomic E-state index is -0.124. The minimum Gasteiger partial charge on any atom is -0.290 e. The van der Waals surface area contributed by atoms with E-state index < -0.39 is 0 Å². The normalized spacial score (nSPS) is 17.5. The molecule has 0 aliphatic carbocycles. The summed E-state index contributed by atoms with van der Waals surface area (Å²) in [6.45, 7) is 8.76. The highest BCUT2D eigenvalue weighted by molar-refractivity contribution is 5.79. The van der Waals surface area contributed by atoms with E-state index in [1.54, 1.807) is 0 Å². The van der Waals surface area contributed by atoms with E-state index in [2.05, 4.69) is 70.4 Å². The molecular formula is C22H30N6. The molecular weight excluding hydrogens is 348 g/mol. The van der Waals surface area contributed by atoms with Crippen molar-refractivity contribution in [2.24, 2.45) is 0 Å². The van der Waals surface area contributed by atoms with E-state index in [-0.39, 0.29) is 11.6 Å². The number of hydrogen-bond donors (Lipinski definition) is 0. The van der Waals surface area contributed by atoms with Crippen LogP contribution in [0.3, 0.4) is 0 Å². The quantitative estimate of drug-likeness (QED) is 0.661. The van der Waals surface area contributed by atoms with Crippen LogP contribution < -0.4 is 0 Å². The molecule has 6 nitrogen and oxygen atoms in total. The highest BCUT2D eigenvalue weighted by Gasteiger charge is 2.32. The number of likely N-dealkylation sites (tertiary alicyclic amines) is 1. The standard InChI is InChI=1S/C22H30N6/c1-4-22(2,3)28-21(24-25-26-28)20(27-14-7-5-6-8-15-27)18-11-12-19-17(16-18)10-9-13-23-19/h9-13,16,20H,4-8,14-15H2,1-3H3/t20-/m0/s1. The summed E-state index contributed by atoms with van der Waals surface area (Å²) in [5.41, 5.74) is 2.14. The number of benzene rings is 1. The van der Waals surface area contributed by atoms with Gasteiger partial charge in [0.1, 0.15) is 0 Å². The zero-order valence-corrected chi connectivity index (χ0v) is 17.2. The topological polar surface area (TPSA) is 59.7 Å². The van der Waals surface area contributed by atoms with Gasteiger partial charge < -0.3 is 0 Å². The van der Waals surface area contributed by atoms with Gasteiger partial charge in [0.15, 0.2) is 5.82 Å². The summed E-state index contributed by atoms with van der Waals surface area (Å²) >= 11 is 0. The van der Waals surface area contributed by atoms with Crippen LogP contribution in [0.25, 0.3) is 10.9 Å². The van der Waals surface area contributed by atoms with Gasteiger partial charge in [0.05, 0.1) is 17.1 Å². The zero-order valence-electron chi connectivity index (χ0n) is 17.2. The lowest BCUT2D eigenvalue weighted by molar-refractivity contribution is 0.203. The van der Waals surface area contributed by atoms with Crippen LogP contribution in [0.4, 0.5) is 0 Å². The summed E-state index contributed by atoms with van der Waals surface area (Å²) in [4.78, 5) is 7.05. The van der Waals surface area contributed by atoms with Gasteiger partial charge in [-0.15, -0.1) is 5.10 Å². The number of pyridine rings is 1. The van der Waals surface area contributed by atoms with E-state index in [0.29, 0.717) is 0 Å². The molecule has 1 aliphatic heterocycles. The van der Waals surface area contributed by atoms with Crippen LogP contribution in [-0.4, -0.2) is 43.2 Å². The van der Waals surface area contributed by atoms with Crippen LogP contribution in [-0.2, 0) is 5.54 Å². The van der Waals surface area contributed by atoms with Gasteiger partial charge in [0, 0.05) is 11.6 Å². The van der Waals surface area contributed by atoms with Crippen molar-refractivity contribution in [3.63, 3.8) is 0 Å². The number of tetrazole rings is 1. The maximum absolute atomic E-state index is 4.54. The minimum absolute atomic E-state index is 0.0588. The monoisotopic (exact) mass is 378 g/mol. The lowest BCUT2D eigenvalue weighted by Crippen LogP contribution is -2.36. The third-order valence-corrected chi connectivity index (χ3v) is 6.13. The van der Waals surface area contributed by atoms with Gasteiger partial charge in [-0.25, -0.2) is 4.68 Å². The molecule has 0 amide bonds. The molecule has 0 bridgehead atoms. The van der Waals surface area contributed by atoms with Crippen LogP contribution in [0.15, 0.2) is 36.5 Å².